The zero-order valence-corrected chi connectivity index (χ0v) is 8.04. The van der Waals surface area contributed by atoms with Gasteiger partial charge in [-0.1, -0.05) is 23.8 Å². The number of nitrogens with two attached hydrogens (primary N) is 2. The molecular formula is C10H15N3. The first kappa shape index (κ1) is 9.58. The first-order valence-corrected chi connectivity index (χ1v) is 4.22. The van der Waals surface area contributed by atoms with Crippen LogP contribution in [0.3, 0.4) is 0 Å². The topological polar surface area (TPSA) is 64.4 Å². The van der Waals surface area contributed by atoms with Gasteiger partial charge in [0.2, 0.25) is 0 Å². The highest BCUT2D eigenvalue weighted by Gasteiger charge is 2.00. The zero-order chi connectivity index (χ0) is 9.84. The van der Waals surface area contributed by atoms with E-state index >= 15 is 0 Å². The highest BCUT2D eigenvalue weighted by Crippen LogP contribution is 2.10. The van der Waals surface area contributed by atoms with Crippen LogP contribution in [0.2, 0.25) is 0 Å². The van der Waals surface area contributed by atoms with E-state index in [9.17, 15) is 0 Å². The van der Waals surface area contributed by atoms with Crippen molar-refractivity contribution in [1.82, 2.24) is 0 Å². The van der Waals surface area contributed by atoms with Crippen molar-refractivity contribution in [1.29, 1.82) is 0 Å². The van der Waals surface area contributed by atoms with Crippen LogP contribution in [-0.4, -0.2) is 5.84 Å². The van der Waals surface area contributed by atoms with Crippen LogP contribution in [-0.2, 0) is 6.42 Å². The Balaban J connectivity index is 2.94. The lowest BCUT2D eigenvalue weighted by atomic mass is 10.0. The average molecular weight is 177 g/mol. The van der Waals surface area contributed by atoms with Gasteiger partial charge in [-0.3, -0.25) is 0 Å². The van der Waals surface area contributed by atoms with Crippen LogP contribution in [0.1, 0.15) is 16.7 Å². The summed E-state index contributed by atoms with van der Waals surface area (Å²) >= 11 is 0. The molecule has 0 aliphatic rings. The molecule has 0 bridgehead atoms. The van der Waals surface area contributed by atoms with Gasteiger partial charge in [-0.15, -0.1) is 0 Å². The number of amidine groups is 1. The molecule has 0 spiro atoms. The summed E-state index contributed by atoms with van der Waals surface area (Å²) in [6.45, 7) is 4.11. The van der Waals surface area contributed by atoms with Crippen LogP contribution in [0, 0.1) is 13.8 Å². The average Bonchev–Trinajstić information content (AvgIpc) is 2.11. The Morgan fingerprint density at radius 1 is 1.38 bits per heavy atom. The molecule has 0 aliphatic heterocycles. The summed E-state index contributed by atoms with van der Waals surface area (Å²) in [6.07, 6.45) is 0.629. The third kappa shape index (κ3) is 2.47. The van der Waals surface area contributed by atoms with Crippen molar-refractivity contribution < 1.29 is 0 Å². The molecule has 0 heterocycles. The monoisotopic (exact) mass is 177 g/mol. The smallest absolute Gasteiger partial charge is 0.123 e. The lowest BCUT2D eigenvalue weighted by molar-refractivity contribution is 1.15. The standard InChI is InChI=1S/C10H15N3/c1-7-3-4-8(2)9(5-7)6-10(11)13-12/h3-5H,6,12H2,1-2H3,(H2,11,13). The van der Waals surface area contributed by atoms with E-state index in [0.29, 0.717) is 12.3 Å². The minimum absolute atomic E-state index is 0.466. The summed E-state index contributed by atoms with van der Waals surface area (Å²) in [4.78, 5) is 0. The Kier molecular flexibility index (Phi) is 2.90. The number of hydrazone groups is 1. The van der Waals surface area contributed by atoms with Gasteiger partial charge in [-0.25, -0.2) is 0 Å². The molecule has 1 aromatic carbocycles. The molecule has 13 heavy (non-hydrogen) atoms. The maximum atomic E-state index is 5.55. The number of hydrogen-bond donors (Lipinski definition) is 2. The normalized spacial score (nSPS) is 11.7. The summed E-state index contributed by atoms with van der Waals surface area (Å²) in [5, 5.41) is 3.45. The second-order valence-electron chi connectivity index (χ2n) is 3.23. The number of benzene rings is 1. The van der Waals surface area contributed by atoms with Crippen molar-refractivity contribution in [2.45, 2.75) is 20.3 Å². The van der Waals surface area contributed by atoms with Crippen molar-refractivity contribution >= 4 is 5.84 Å². The Morgan fingerprint density at radius 2 is 2.08 bits per heavy atom. The molecular weight excluding hydrogens is 162 g/mol. The SMILES string of the molecule is Cc1ccc(C)c(CC(N)=NN)c1. The molecule has 0 aliphatic carbocycles. The van der Waals surface area contributed by atoms with Gasteiger partial charge in [0, 0.05) is 6.42 Å². The second-order valence-corrected chi connectivity index (χ2v) is 3.23. The van der Waals surface area contributed by atoms with Gasteiger partial charge in [0.25, 0.3) is 0 Å². The molecule has 0 fully saturated rings. The summed E-state index contributed by atoms with van der Waals surface area (Å²) in [5.41, 5.74) is 9.18. The van der Waals surface area contributed by atoms with E-state index in [0.717, 1.165) is 0 Å². The maximum Gasteiger partial charge on any atom is 0.123 e. The summed E-state index contributed by atoms with van der Waals surface area (Å²) < 4.78 is 0. The van der Waals surface area contributed by atoms with Crippen LogP contribution in [0.5, 0.6) is 0 Å². The largest absolute Gasteiger partial charge is 0.385 e. The summed E-state index contributed by atoms with van der Waals surface area (Å²) in [7, 11) is 0. The molecule has 1 aromatic rings. The van der Waals surface area contributed by atoms with Gasteiger partial charge in [0.15, 0.2) is 0 Å². The molecule has 3 nitrogen and oxygen atoms in total. The van der Waals surface area contributed by atoms with Crippen LogP contribution in [0.4, 0.5) is 0 Å². The van der Waals surface area contributed by atoms with E-state index in [1.165, 1.54) is 16.7 Å². The summed E-state index contributed by atoms with van der Waals surface area (Å²) in [6, 6.07) is 6.26. The fraction of sp³-hybridized carbons (Fsp3) is 0.300. The number of hydrogen-bond acceptors (Lipinski definition) is 2. The minimum atomic E-state index is 0.466. The van der Waals surface area contributed by atoms with Gasteiger partial charge in [0.05, 0.1) is 0 Å². The first-order valence-electron chi connectivity index (χ1n) is 4.22. The molecule has 0 saturated heterocycles. The molecule has 0 amide bonds. The van der Waals surface area contributed by atoms with Crippen molar-refractivity contribution in [3.05, 3.63) is 34.9 Å². The van der Waals surface area contributed by atoms with Gasteiger partial charge in [-0.05, 0) is 25.0 Å². The lowest BCUT2D eigenvalue weighted by Gasteiger charge is -2.05. The van der Waals surface area contributed by atoms with E-state index in [4.69, 9.17) is 11.6 Å². The van der Waals surface area contributed by atoms with Gasteiger partial charge in [-0.2, -0.15) is 5.10 Å². The highest BCUT2D eigenvalue weighted by molar-refractivity contribution is 5.82. The molecule has 1 rings (SSSR count). The van der Waals surface area contributed by atoms with E-state index in [1.54, 1.807) is 0 Å². The van der Waals surface area contributed by atoms with Crippen molar-refractivity contribution in [3.8, 4) is 0 Å². The van der Waals surface area contributed by atoms with Gasteiger partial charge in [0.1, 0.15) is 5.84 Å². The Labute approximate surface area is 78.4 Å². The second kappa shape index (κ2) is 3.94. The minimum Gasteiger partial charge on any atom is -0.385 e. The third-order valence-electron chi connectivity index (χ3n) is 2.04. The van der Waals surface area contributed by atoms with E-state index in [2.05, 4.69) is 37.1 Å². The molecule has 0 unspecified atom stereocenters. The molecule has 3 heteroatoms. The predicted molar refractivity (Wildman–Crippen MR) is 55.4 cm³/mol. The lowest BCUT2D eigenvalue weighted by Crippen LogP contribution is -2.17. The highest BCUT2D eigenvalue weighted by atomic mass is 15.1. The molecule has 0 atom stereocenters. The van der Waals surface area contributed by atoms with Crippen LogP contribution >= 0.6 is 0 Å². The van der Waals surface area contributed by atoms with Gasteiger partial charge < -0.3 is 11.6 Å². The van der Waals surface area contributed by atoms with Gasteiger partial charge >= 0.3 is 0 Å². The van der Waals surface area contributed by atoms with Crippen molar-refractivity contribution in [3.63, 3.8) is 0 Å². The van der Waals surface area contributed by atoms with E-state index in [-0.39, 0.29) is 0 Å². The quantitative estimate of drug-likeness (QED) is 0.307. The zero-order valence-electron chi connectivity index (χ0n) is 8.04. The van der Waals surface area contributed by atoms with Crippen LogP contribution in [0.15, 0.2) is 23.3 Å². The number of nitrogens with zero attached hydrogens (tertiary/aromatic N) is 1. The van der Waals surface area contributed by atoms with Crippen LogP contribution < -0.4 is 11.6 Å². The summed E-state index contributed by atoms with van der Waals surface area (Å²) in [5.74, 6) is 5.54. The predicted octanol–water partition coefficient (Wildman–Crippen LogP) is 1.08. The fourth-order valence-electron chi connectivity index (χ4n) is 1.23. The number of rotatable bonds is 2. The number of aryl methyl sites for hydroxylation is 2. The van der Waals surface area contributed by atoms with Crippen LogP contribution in [0.25, 0.3) is 0 Å². The molecule has 0 saturated carbocycles. The van der Waals surface area contributed by atoms with Crippen molar-refractivity contribution in [2.24, 2.45) is 16.7 Å². The molecule has 0 radical (unpaired) electrons. The Bertz CT molecular complexity index is 329. The van der Waals surface area contributed by atoms with E-state index < -0.39 is 0 Å². The van der Waals surface area contributed by atoms with Crippen molar-refractivity contribution in [2.75, 3.05) is 0 Å². The fourth-order valence-corrected chi connectivity index (χ4v) is 1.23. The maximum absolute atomic E-state index is 5.55. The molecule has 70 valence electrons. The molecule has 4 N–H and O–H groups in total. The molecule has 0 aromatic heterocycles. The first-order chi connectivity index (χ1) is 6.13. The Hall–Kier alpha value is -1.51. The van der Waals surface area contributed by atoms with E-state index in [1.807, 2.05) is 0 Å². The third-order valence-corrected chi connectivity index (χ3v) is 2.04. The Morgan fingerprint density at radius 3 is 2.69 bits per heavy atom.